The average Bonchev–Trinajstić information content (AvgIpc) is 2.78. The third-order valence-electron chi connectivity index (χ3n) is 5.59. The van der Waals surface area contributed by atoms with Crippen LogP contribution in [0.15, 0.2) is 30.3 Å². The lowest BCUT2D eigenvalue weighted by Gasteiger charge is -2.33. The number of piperidine rings is 1. The normalized spacial score (nSPS) is 16.0. The SMILES string of the molecule is COc1ccccc1C(=O)N1CCC[C@@H](c2nc(CN(C)C(C)=O)cc(N(C)C)n2)C1. The molecule has 1 saturated heterocycles. The predicted octanol–water partition coefficient (Wildman–Crippen LogP) is 2.55. The van der Waals surface area contributed by atoms with Crippen LogP contribution in [0, 0.1) is 0 Å². The Bertz CT molecular complexity index is 947. The van der Waals surface area contributed by atoms with Crippen molar-refractivity contribution in [2.24, 2.45) is 0 Å². The maximum Gasteiger partial charge on any atom is 0.257 e. The van der Waals surface area contributed by atoms with E-state index in [1.807, 2.05) is 42.1 Å². The second-order valence-corrected chi connectivity index (χ2v) is 8.14. The Morgan fingerprint density at radius 1 is 1.19 bits per heavy atom. The number of aromatic nitrogens is 2. The highest BCUT2D eigenvalue weighted by atomic mass is 16.5. The van der Waals surface area contributed by atoms with Gasteiger partial charge in [0.25, 0.3) is 5.91 Å². The van der Waals surface area contributed by atoms with E-state index in [1.54, 1.807) is 31.2 Å². The van der Waals surface area contributed by atoms with Gasteiger partial charge in [-0.1, -0.05) is 12.1 Å². The van der Waals surface area contributed by atoms with Crippen LogP contribution in [0.4, 0.5) is 5.82 Å². The zero-order valence-electron chi connectivity index (χ0n) is 19.0. The van der Waals surface area contributed by atoms with Gasteiger partial charge in [0.2, 0.25) is 5.91 Å². The highest BCUT2D eigenvalue weighted by Crippen LogP contribution is 2.29. The molecule has 8 nitrogen and oxygen atoms in total. The molecule has 0 aliphatic carbocycles. The maximum atomic E-state index is 13.2. The number of carbonyl (C=O) groups excluding carboxylic acids is 2. The number of para-hydroxylation sites is 1. The quantitative estimate of drug-likeness (QED) is 0.708. The minimum Gasteiger partial charge on any atom is -0.496 e. The third kappa shape index (κ3) is 5.31. The van der Waals surface area contributed by atoms with Gasteiger partial charge in [0, 0.05) is 53.1 Å². The molecule has 0 spiro atoms. The lowest BCUT2D eigenvalue weighted by Crippen LogP contribution is -2.39. The van der Waals surface area contributed by atoms with E-state index in [0.717, 1.165) is 30.2 Å². The molecule has 0 N–H and O–H groups in total. The van der Waals surface area contributed by atoms with Crippen molar-refractivity contribution in [2.75, 3.05) is 46.2 Å². The summed E-state index contributed by atoms with van der Waals surface area (Å²) >= 11 is 0. The fourth-order valence-corrected chi connectivity index (χ4v) is 3.71. The first-order chi connectivity index (χ1) is 14.8. The Morgan fingerprint density at radius 2 is 1.94 bits per heavy atom. The number of amides is 2. The summed E-state index contributed by atoms with van der Waals surface area (Å²) in [7, 11) is 7.20. The van der Waals surface area contributed by atoms with Crippen LogP contribution in [0.2, 0.25) is 0 Å². The van der Waals surface area contributed by atoms with E-state index in [4.69, 9.17) is 14.7 Å². The molecule has 3 rings (SSSR count). The van der Waals surface area contributed by atoms with Gasteiger partial charge in [-0.05, 0) is 25.0 Å². The van der Waals surface area contributed by atoms with Gasteiger partial charge >= 0.3 is 0 Å². The summed E-state index contributed by atoms with van der Waals surface area (Å²) in [6.45, 7) is 3.20. The number of nitrogens with zero attached hydrogens (tertiary/aromatic N) is 5. The molecule has 8 heteroatoms. The molecule has 2 heterocycles. The standard InChI is InChI=1S/C23H31N5O3/c1-16(29)27(4)15-18-13-21(26(2)3)25-22(24-18)17-9-8-12-28(14-17)23(30)19-10-6-7-11-20(19)31-5/h6-7,10-11,13,17H,8-9,12,14-15H2,1-5H3/t17-/m1/s1. The molecule has 2 amide bonds. The minimum atomic E-state index is -0.0394. The highest BCUT2D eigenvalue weighted by Gasteiger charge is 2.29. The van der Waals surface area contributed by atoms with Crippen LogP contribution in [-0.2, 0) is 11.3 Å². The molecule has 1 aliphatic rings. The van der Waals surface area contributed by atoms with Crippen LogP contribution >= 0.6 is 0 Å². The predicted molar refractivity (Wildman–Crippen MR) is 119 cm³/mol. The van der Waals surface area contributed by atoms with E-state index < -0.39 is 0 Å². The number of benzene rings is 1. The monoisotopic (exact) mass is 425 g/mol. The first-order valence-electron chi connectivity index (χ1n) is 10.5. The number of anilines is 1. The van der Waals surface area contributed by atoms with Gasteiger partial charge < -0.3 is 19.4 Å². The van der Waals surface area contributed by atoms with Crippen molar-refractivity contribution in [2.45, 2.75) is 32.2 Å². The lowest BCUT2D eigenvalue weighted by molar-refractivity contribution is -0.128. The number of ether oxygens (including phenoxy) is 1. The molecule has 2 aromatic rings. The van der Waals surface area contributed by atoms with Crippen LogP contribution < -0.4 is 9.64 Å². The number of likely N-dealkylation sites (tertiary alicyclic amines) is 1. The van der Waals surface area contributed by atoms with Crippen molar-refractivity contribution in [3.05, 3.63) is 47.4 Å². The zero-order valence-corrected chi connectivity index (χ0v) is 19.0. The van der Waals surface area contributed by atoms with Gasteiger partial charge in [-0.2, -0.15) is 0 Å². The fourth-order valence-electron chi connectivity index (χ4n) is 3.71. The van der Waals surface area contributed by atoms with Gasteiger partial charge in [-0.25, -0.2) is 9.97 Å². The van der Waals surface area contributed by atoms with Crippen LogP contribution in [0.1, 0.15) is 47.6 Å². The Kier molecular flexibility index (Phi) is 7.09. The summed E-state index contributed by atoms with van der Waals surface area (Å²) in [6.07, 6.45) is 1.79. The molecule has 1 aliphatic heterocycles. The van der Waals surface area contributed by atoms with E-state index in [9.17, 15) is 9.59 Å². The van der Waals surface area contributed by atoms with Crippen molar-refractivity contribution >= 4 is 17.6 Å². The Labute approximate surface area is 183 Å². The number of rotatable bonds is 6. The van der Waals surface area contributed by atoms with E-state index in [-0.39, 0.29) is 17.7 Å². The molecule has 31 heavy (non-hydrogen) atoms. The van der Waals surface area contributed by atoms with Crippen molar-refractivity contribution in [3.8, 4) is 5.75 Å². The molecule has 1 atom stereocenters. The Morgan fingerprint density at radius 3 is 2.61 bits per heavy atom. The fraction of sp³-hybridized carbons (Fsp3) is 0.478. The zero-order chi connectivity index (χ0) is 22.5. The third-order valence-corrected chi connectivity index (χ3v) is 5.59. The molecule has 0 bridgehead atoms. The van der Waals surface area contributed by atoms with Crippen molar-refractivity contribution in [3.63, 3.8) is 0 Å². The van der Waals surface area contributed by atoms with Gasteiger partial charge in [0.15, 0.2) is 0 Å². The van der Waals surface area contributed by atoms with Gasteiger partial charge in [-0.3, -0.25) is 9.59 Å². The Hall–Kier alpha value is -3.16. The number of carbonyl (C=O) groups is 2. The summed E-state index contributed by atoms with van der Waals surface area (Å²) < 4.78 is 5.37. The largest absolute Gasteiger partial charge is 0.496 e. The molecular weight excluding hydrogens is 394 g/mol. The second kappa shape index (κ2) is 9.76. The topological polar surface area (TPSA) is 78.9 Å². The van der Waals surface area contributed by atoms with Gasteiger partial charge in [0.05, 0.1) is 24.9 Å². The van der Waals surface area contributed by atoms with Gasteiger partial charge in [-0.15, -0.1) is 0 Å². The van der Waals surface area contributed by atoms with Crippen LogP contribution in [0.25, 0.3) is 0 Å². The molecule has 0 unspecified atom stereocenters. The van der Waals surface area contributed by atoms with E-state index in [2.05, 4.69) is 0 Å². The number of hydrogen-bond donors (Lipinski definition) is 0. The second-order valence-electron chi connectivity index (χ2n) is 8.14. The first kappa shape index (κ1) is 22.5. The smallest absolute Gasteiger partial charge is 0.257 e. The average molecular weight is 426 g/mol. The van der Waals surface area contributed by atoms with Crippen molar-refractivity contribution in [1.29, 1.82) is 0 Å². The van der Waals surface area contributed by atoms with E-state index in [0.29, 0.717) is 30.9 Å². The van der Waals surface area contributed by atoms with E-state index in [1.165, 1.54) is 6.92 Å². The molecule has 0 saturated carbocycles. The molecule has 1 aromatic heterocycles. The Balaban J connectivity index is 1.85. The molecule has 166 valence electrons. The maximum absolute atomic E-state index is 13.2. The summed E-state index contributed by atoms with van der Waals surface area (Å²) in [5, 5.41) is 0. The molecular formula is C23H31N5O3. The van der Waals surface area contributed by atoms with E-state index >= 15 is 0 Å². The minimum absolute atomic E-state index is 0.0159. The molecule has 0 radical (unpaired) electrons. The number of hydrogen-bond acceptors (Lipinski definition) is 6. The van der Waals surface area contributed by atoms with Gasteiger partial charge in [0.1, 0.15) is 17.4 Å². The number of methoxy groups -OCH3 is 1. The van der Waals surface area contributed by atoms with Crippen LogP contribution in [0.5, 0.6) is 5.75 Å². The summed E-state index contributed by atoms with van der Waals surface area (Å²) in [6, 6.07) is 9.21. The summed E-state index contributed by atoms with van der Waals surface area (Å²) in [5.74, 6) is 2.07. The lowest BCUT2D eigenvalue weighted by atomic mass is 9.96. The highest BCUT2D eigenvalue weighted by molar-refractivity contribution is 5.97. The molecule has 1 aromatic carbocycles. The van der Waals surface area contributed by atoms with Crippen LogP contribution in [-0.4, -0.2) is 72.9 Å². The summed E-state index contributed by atoms with van der Waals surface area (Å²) in [4.78, 5) is 39.8. The van der Waals surface area contributed by atoms with Crippen molar-refractivity contribution in [1.82, 2.24) is 19.8 Å². The molecule has 1 fully saturated rings. The van der Waals surface area contributed by atoms with Crippen LogP contribution in [0.3, 0.4) is 0 Å². The van der Waals surface area contributed by atoms with Crippen molar-refractivity contribution < 1.29 is 14.3 Å². The first-order valence-corrected chi connectivity index (χ1v) is 10.5. The summed E-state index contributed by atoms with van der Waals surface area (Å²) in [5.41, 5.74) is 1.36.